The number of nitrogens with zero attached hydrogens (tertiary/aromatic N) is 1. The van der Waals surface area contributed by atoms with Crippen molar-refractivity contribution in [1.29, 1.82) is 0 Å². The van der Waals surface area contributed by atoms with E-state index < -0.39 is 0 Å². The van der Waals surface area contributed by atoms with Crippen LogP contribution in [0.25, 0.3) is 0 Å². The van der Waals surface area contributed by atoms with Crippen LogP contribution in [0.4, 0.5) is 4.79 Å². The fourth-order valence-corrected chi connectivity index (χ4v) is 2.71. The Morgan fingerprint density at radius 1 is 1.29 bits per heavy atom. The van der Waals surface area contributed by atoms with Crippen LogP contribution in [-0.2, 0) is 6.42 Å². The summed E-state index contributed by atoms with van der Waals surface area (Å²) in [6, 6.07) is 2.92. The van der Waals surface area contributed by atoms with E-state index in [4.69, 9.17) is 0 Å². The molecule has 2 amide bonds. The van der Waals surface area contributed by atoms with E-state index in [1.165, 1.54) is 29.8 Å². The molecule has 0 atom stereocenters. The Labute approximate surface area is 128 Å². The van der Waals surface area contributed by atoms with Crippen LogP contribution in [-0.4, -0.2) is 23.7 Å². The molecule has 0 aromatic carbocycles. The number of aromatic nitrogens is 1. The van der Waals surface area contributed by atoms with Gasteiger partial charge in [-0.05, 0) is 50.2 Å². The second-order valence-electron chi connectivity index (χ2n) is 7.42. The smallest absolute Gasteiger partial charge is 0.314 e. The molecule has 0 aliphatic heterocycles. The van der Waals surface area contributed by atoms with Gasteiger partial charge in [-0.2, -0.15) is 0 Å². The molecule has 0 unspecified atom stereocenters. The van der Waals surface area contributed by atoms with Crippen LogP contribution in [0.5, 0.6) is 0 Å². The SMILES string of the molecule is Cc1cc(CCNC(=O)NCC(C)(C)C)c(C)n1C1CC1. The highest BCUT2D eigenvalue weighted by atomic mass is 16.2. The molecule has 1 aromatic heterocycles. The van der Waals surface area contributed by atoms with Crippen LogP contribution in [0.1, 0.15) is 56.6 Å². The van der Waals surface area contributed by atoms with Gasteiger partial charge in [-0.15, -0.1) is 0 Å². The maximum absolute atomic E-state index is 11.7. The summed E-state index contributed by atoms with van der Waals surface area (Å²) in [5.41, 5.74) is 4.19. The summed E-state index contributed by atoms with van der Waals surface area (Å²) in [6.07, 6.45) is 3.52. The molecule has 0 spiro atoms. The quantitative estimate of drug-likeness (QED) is 0.859. The van der Waals surface area contributed by atoms with E-state index in [0.29, 0.717) is 13.1 Å². The number of hydrogen-bond donors (Lipinski definition) is 2. The maximum Gasteiger partial charge on any atom is 0.314 e. The highest BCUT2D eigenvalue weighted by molar-refractivity contribution is 5.73. The zero-order chi connectivity index (χ0) is 15.6. The summed E-state index contributed by atoms with van der Waals surface area (Å²) in [5, 5.41) is 5.86. The lowest BCUT2D eigenvalue weighted by molar-refractivity contribution is 0.235. The summed E-state index contributed by atoms with van der Waals surface area (Å²) in [6.45, 7) is 12.1. The van der Waals surface area contributed by atoms with Gasteiger partial charge in [0.2, 0.25) is 0 Å². The molecule has 2 rings (SSSR count). The molecule has 21 heavy (non-hydrogen) atoms. The topological polar surface area (TPSA) is 46.1 Å². The average Bonchev–Trinajstić information content (AvgIpc) is 3.15. The number of nitrogens with one attached hydrogen (secondary N) is 2. The molecule has 0 bridgehead atoms. The van der Waals surface area contributed by atoms with E-state index in [1.807, 2.05) is 0 Å². The summed E-state index contributed by atoms with van der Waals surface area (Å²) < 4.78 is 2.45. The van der Waals surface area contributed by atoms with Crippen molar-refractivity contribution in [2.24, 2.45) is 5.41 Å². The number of hydrogen-bond acceptors (Lipinski definition) is 1. The third kappa shape index (κ3) is 4.51. The van der Waals surface area contributed by atoms with E-state index in [-0.39, 0.29) is 11.4 Å². The Morgan fingerprint density at radius 2 is 1.95 bits per heavy atom. The van der Waals surface area contributed by atoms with Crippen LogP contribution in [0.3, 0.4) is 0 Å². The minimum absolute atomic E-state index is 0.0686. The van der Waals surface area contributed by atoms with Gasteiger partial charge >= 0.3 is 6.03 Å². The zero-order valence-corrected chi connectivity index (χ0v) is 14.0. The number of urea groups is 1. The van der Waals surface area contributed by atoms with Gasteiger partial charge in [-0.1, -0.05) is 20.8 Å². The van der Waals surface area contributed by atoms with Crippen molar-refractivity contribution in [3.63, 3.8) is 0 Å². The molecule has 0 radical (unpaired) electrons. The van der Waals surface area contributed by atoms with Crippen molar-refractivity contribution in [3.05, 3.63) is 23.0 Å². The zero-order valence-electron chi connectivity index (χ0n) is 14.0. The molecule has 1 fully saturated rings. The van der Waals surface area contributed by atoms with Crippen molar-refractivity contribution in [2.45, 2.75) is 59.9 Å². The number of aryl methyl sites for hydroxylation is 1. The van der Waals surface area contributed by atoms with Crippen molar-refractivity contribution in [1.82, 2.24) is 15.2 Å². The predicted molar refractivity (Wildman–Crippen MR) is 86.7 cm³/mol. The summed E-state index contributed by atoms with van der Waals surface area (Å²) >= 11 is 0. The lowest BCUT2D eigenvalue weighted by Crippen LogP contribution is -2.40. The number of amides is 2. The molecule has 1 saturated carbocycles. The second-order valence-corrected chi connectivity index (χ2v) is 7.42. The van der Waals surface area contributed by atoms with Gasteiger partial charge in [0.05, 0.1) is 0 Å². The highest BCUT2D eigenvalue weighted by Gasteiger charge is 2.26. The Morgan fingerprint density at radius 3 is 2.52 bits per heavy atom. The van der Waals surface area contributed by atoms with E-state index in [1.54, 1.807) is 0 Å². The van der Waals surface area contributed by atoms with Crippen LogP contribution in [0.15, 0.2) is 6.07 Å². The number of rotatable bonds is 5. The van der Waals surface area contributed by atoms with Gasteiger partial charge in [0.25, 0.3) is 0 Å². The average molecular weight is 291 g/mol. The van der Waals surface area contributed by atoms with E-state index in [0.717, 1.165) is 12.5 Å². The molecule has 1 aliphatic carbocycles. The van der Waals surface area contributed by atoms with Gasteiger partial charge < -0.3 is 15.2 Å². The summed E-state index contributed by atoms with van der Waals surface area (Å²) in [5.74, 6) is 0. The van der Waals surface area contributed by atoms with Crippen LogP contribution >= 0.6 is 0 Å². The minimum Gasteiger partial charge on any atom is -0.346 e. The monoisotopic (exact) mass is 291 g/mol. The van der Waals surface area contributed by atoms with Crippen molar-refractivity contribution < 1.29 is 4.79 Å². The van der Waals surface area contributed by atoms with Crippen molar-refractivity contribution in [3.8, 4) is 0 Å². The fourth-order valence-electron chi connectivity index (χ4n) is 2.71. The summed E-state index contributed by atoms with van der Waals surface area (Å²) in [4.78, 5) is 11.7. The predicted octanol–water partition coefficient (Wildman–Crippen LogP) is 3.33. The van der Waals surface area contributed by atoms with Crippen LogP contribution < -0.4 is 10.6 Å². The van der Waals surface area contributed by atoms with Crippen molar-refractivity contribution >= 4 is 6.03 Å². The van der Waals surface area contributed by atoms with E-state index in [2.05, 4.69) is 55.9 Å². The minimum atomic E-state index is -0.0686. The Hall–Kier alpha value is -1.45. The largest absolute Gasteiger partial charge is 0.346 e. The van der Waals surface area contributed by atoms with Crippen LogP contribution in [0, 0.1) is 19.3 Å². The van der Waals surface area contributed by atoms with E-state index in [9.17, 15) is 4.79 Å². The molecular weight excluding hydrogens is 262 g/mol. The fraction of sp³-hybridized carbons (Fsp3) is 0.706. The van der Waals surface area contributed by atoms with Crippen LogP contribution in [0.2, 0.25) is 0 Å². The first-order valence-corrected chi connectivity index (χ1v) is 7.97. The molecule has 118 valence electrons. The first-order valence-electron chi connectivity index (χ1n) is 7.97. The summed E-state index contributed by atoms with van der Waals surface area (Å²) in [7, 11) is 0. The molecule has 1 aromatic rings. The standard InChI is InChI=1S/C17H29N3O/c1-12-10-14(13(2)20(12)15-6-7-15)8-9-18-16(21)19-11-17(3,4)5/h10,15H,6-9,11H2,1-5H3,(H2,18,19,21). The molecular formula is C17H29N3O. The molecule has 0 saturated heterocycles. The van der Waals surface area contributed by atoms with Gasteiger partial charge in [0.1, 0.15) is 0 Å². The Kier molecular flexibility index (Phi) is 4.64. The molecule has 2 N–H and O–H groups in total. The Balaban J connectivity index is 1.78. The van der Waals surface area contributed by atoms with E-state index >= 15 is 0 Å². The van der Waals surface area contributed by atoms with Gasteiger partial charge in [-0.25, -0.2) is 4.79 Å². The molecule has 4 nitrogen and oxygen atoms in total. The first-order chi connectivity index (χ1) is 9.78. The van der Waals surface area contributed by atoms with Gasteiger partial charge in [0.15, 0.2) is 0 Å². The number of carbonyl (C=O) groups is 1. The second kappa shape index (κ2) is 6.12. The molecule has 1 heterocycles. The maximum atomic E-state index is 11.7. The normalized spacial score (nSPS) is 15.1. The number of carbonyl (C=O) groups excluding carboxylic acids is 1. The van der Waals surface area contributed by atoms with Crippen molar-refractivity contribution in [2.75, 3.05) is 13.1 Å². The third-order valence-electron chi connectivity index (χ3n) is 3.96. The van der Waals surface area contributed by atoms with Gasteiger partial charge in [0, 0.05) is 30.5 Å². The van der Waals surface area contributed by atoms with Gasteiger partial charge in [-0.3, -0.25) is 0 Å². The molecule has 4 heteroatoms. The molecule has 1 aliphatic rings. The lowest BCUT2D eigenvalue weighted by Gasteiger charge is -2.18. The lowest BCUT2D eigenvalue weighted by atomic mass is 9.97. The third-order valence-corrected chi connectivity index (χ3v) is 3.96. The highest BCUT2D eigenvalue weighted by Crippen LogP contribution is 2.38. The Bertz CT molecular complexity index is 507. The first kappa shape index (κ1) is 15.9.